The molecular formula is C24H34N4O2S. The lowest BCUT2D eigenvalue weighted by Gasteiger charge is -2.32. The molecule has 0 bridgehead atoms. The number of morpholine rings is 1. The number of thiazole rings is 1. The first-order valence-corrected chi connectivity index (χ1v) is 12.4. The minimum Gasteiger partial charge on any atom is -0.378 e. The van der Waals surface area contributed by atoms with Crippen molar-refractivity contribution in [3.63, 3.8) is 0 Å². The van der Waals surface area contributed by atoms with E-state index in [1.807, 2.05) is 16.5 Å². The van der Waals surface area contributed by atoms with Crippen molar-refractivity contribution < 1.29 is 9.53 Å². The maximum atomic E-state index is 12.6. The lowest BCUT2D eigenvalue weighted by Crippen LogP contribution is -2.36. The number of nitrogens with zero attached hydrogens (tertiary/aromatic N) is 4. The third kappa shape index (κ3) is 6.05. The maximum absolute atomic E-state index is 12.6. The number of rotatable bonds is 3. The van der Waals surface area contributed by atoms with Crippen LogP contribution in [0, 0.1) is 0 Å². The van der Waals surface area contributed by atoms with Crippen LogP contribution in [0.25, 0.3) is 0 Å². The van der Waals surface area contributed by atoms with Gasteiger partial charge in [-0.15, -0.1) is 11.3 Å². The van der Waals surface area contributed by atoms with Crippen molar-refractivity contribution >= 4 is 28.6 Å². The van der Waals surface area contributed by atoms with E-state index in [0.717, 1.165) is 69.6 Å². The average Bonchev–Trinajstić information content (AvgIpc) is 3.28. The molecule has 3 heterocycles. The lowest BCUT2D eigenvalue weighted by atomic mass is 10.1. The zero-order valence-corrected chi connectivity index (χ0v) is 19.4. The van der Waals surface area contributed by atoms with E-state index in [-0.39, 0.29) is 5.91 Å². The Morgan fingerprint density at radius 3 is 2.58 bits per heavy atom. The van der Waals surface area contributed by atoms with E-state index in [9.17, 15) is 4.79 Å². The van der Waals surface area contributed by atoms with Crippen LogP contribution in [0.15, 0.2) is 29.8 Å². The molecule has 6 nitrogen and oxygen atoms in total. The highest BCUT2D eigenvalue weighted by Gasteiger charge is 2.21. The van der Waals surface area contributed by atoms with Crippen LogP contribution in [-0.2, 0) is 22.6 Å². The largest absolute Gasteiger partial charge is 0.378 e. The van der Waals surface area contributed by atoms with Gasteiger partial charge in [-0.05, 0) is 43.1 Å². The zero-order valence-electron chi connectivity index (χ0n) is 18.6. The van der Waals surface area contributed by atoms with E-state index in [4.69, 9.17) is 4.74 Å². The second-order valence-electron chi connectivity index (χ2n) is 8.49. The van der Waals surface area contributed by atoms with Gasteiger partial charge in [-0.3, -0.25) is 9.69 Å². The lowest BCUT2D eigenvalue weighted by molar-refractivity contribution is -0.116. The summed E-state index contributed by atoms with van der Waals surface area (Å²) in [6.07, 6.45) is 7.82. The van der Waals surface area contributed by atoms with Gasteiger partial charge in [0.2, 0.25) is 5.91 Å². The molecule has 0 atom stereocenters. The summed E-state index contributed by atoms with van der Waals surface area (Å²) in [5.74, 6) is 0.129. The van der Waals surface area contributed by atoms with Crippen LogP contribution >= 0.6 is 11.3 Å². The molecule has 0 aliphatic carbocycles. The Morgan fingerprint density at radius 1 is 1.06 bits per heavy atom. The molecule has 2 aromatic rings. The molecule has 0 N–H and O–H groups in total. The Balaban J connectivity index is 1.66. The van der Waals surface area contributed by atoms with Gasteiger partial charge in [-0.1, -0.05) is 19.3 Å². The summed E-state index contributed by atoms with van der Waals surface area (Å²) < 4.78 is 5.54. The summed E-state index contributed by atoms with van der Waals surface area (Å²) >= 11 is 1.72. The molecule has 1 amide bonds. The van der Waals surface area contributed by atoms with E-state index < -0.39 is 0 Å². The van der Waals surface area contributed by atoms with Crippen LogP contribution < -0.4 is 9.80 Å². The molecule has 0 unspecified atom stereocenters. The van der Waals surface area contributed by atoms with Gasteiger partial charge in [-0.25, -0.2) is 4.98 Å². The molecule has 1 saturated heterocycles. The summed E-state index contributed by atoms with van der Waals surface area (Å²) in [4.78, 5) is 24.0. The van der Waals surface area contributed by atoms with Gasteiger partial charge in [0.25, 0.3) is 0 Å². The van der Waals surface area contributed by atoms with Gasteiger partial charge in [-0.2, -0.15) is 0 Å². The van der Waals surface area contributed by atoms with Crippen molar-refractivity contribution in [3.05, 3.63) is 40.3 Å². The normalized spacial score (nSPS) is 19.4. The Morgan fingerprint density at radius 2 is 1.84 bits per heavy atom. The first kappa shape index (κ1) is 22.2. The molecule has 0 spiro atoms. The van der Waals surface area contributed by atoms with Crippen LogP contribution in [0.1, 0.15) is 49.6 Å². The van der Waals surface area contributed by atoms with E-state index in [1.54, 1.807) is 18.3 Å². The average molecular weight is 443 g/mol. The molecule has 168 valence electrons. The number of amides is 1. The zero-order chi connectivity index (χ0) is 21.5. The van der Waals surface area contributed by atoms with Gasteiger partial charge in [0.15, 0.2) is 0 Å². The summed E-state index contributed by atoms with van der Waals surface area (Å²) in [6, 6.07) is 6.64. The Kier molecular flexibility index (Phi) is 7.94. The first-order chi connectivity index (χ1) is 15.2. The predicted octanol–water partition coefficient (Wildman–Crippen LogP) is 4.30. The molecule has 1 aromatic heterocycles. The van der Waals surface area contributed by atoms with Crippen molar-refractivity contribution in [2.45, 2.75) is 52.1 Å². The molecular weight excluding hydrogens is 408 g/mol. The summed E-state index contributed by atoms with van der Waals surface area (Å²) in [5, 5.41) is 3.20. The fourth-order valence-corrected chi connectivity index (χ4v) is 5.20. The number of fused-ring (bicyclic) bond motifs is 1. The highest BCUT2D eigenvalue weighted by atomic mass is 32.1. The van der Waals surface area contributed by atoms with Gasteiger partial charge >= 0.3 is 0 Å². The summed E-state index contributed by atoms with van der Waals surface area (Å²) in [7, 11) is 0. The van der Waals surface area contributed by atoms with Crippen molar-refractivity contribution in [2.24, 2.45) is 0 Å². The van der Waals surface area contributed by atoms with Crippen LogP contribution in [0.4, 0.5) is 11.4 Å². The number of hydrogen-bond donors (Lipinski definition) is 0. The fraction of sp³-hybridized carbons (Fsp3) is 0.583. The first-order valence-electron chi connectivity index (χ1n) is 11.5. The number of carbonyl (C=O) groups excluding carboxylic acids is 1. The summed E-state index contributed by atoms with van der Waals surface area (Å²) in [5.41, 5.74) is 3.53. The topological polar surface area (TPSA) is 48.9 Å². The van der Waals surface area contributed by atoms with E-state index in [1.165, 1.54) is 36.9 Å². The van der Waals surface area contributed by atoms with Gasteiger partial charge in [0, 0.05) is 56.1 Å². The molecule has 0 radical (unpaired) electrons. The Bertz CT molecular complexity index is 836. The maximum Gasteiger partial charge on any atom is 0.223 e. The number of ether oxygens (including phenoxy) is 1. The van der Waals surface area contributed by atoms with E-state index >= 15 is 0 Å². The van der Waals surface area contributed by atoms with Gasteiger partial charge in [0.05, 0.1) is 19.8 Å². The smallest absolute Gasteiger partial charge is 0.223 e. The number of anilines is 2. The Hall–Kier alpha value is -1.96. The predicted molar refractivity (Wildman–Crippen MR) is 127 cm³/mol. The minimum absolute atomic E-state index is 0.129. The molecule has 2 aliphatic rings. The quantitative estimate of drug-likeness (QED) is 0.709. The number of aromatic nitrogens is 1. The molecule has 4 rings (SSSR count). The number of carbonyl (C=O) groups is 1. The minimum atomic E-state index is 0.129. The molecule has 7 heteroatoms. The number of hydrogen-bond acceptors (Lipinski definition) is 6. The van der Waals surface area contributed by atoms with Crippen LogP contribution in [0.2, 0.25) is 0 Å². The van der Waals surface area contributed by atoms with Crippen molar-refractivity contribution in [3.8, 4) is 0 Å². The monoisotopic (exact) mass is 442 g/mol. The highest BCUT2D eigenvalue weighted by Crippen LogP contribution is 2.30. The molecule has 0 saturated carbocycles. The second kappa shape index (κ2) is 11.1. The van der Waals surface area contributed by atoms with Crippen LogP contribution in [0.5, 0.6) is 0 Å². The van der Waals surface area contributed by atoms with Crippen LogP contribution in [-0.4, -0.2) is 55.2 Å². The molecule has 1 fully saturated rings. The summed E-state index contributed by atoms with van der Waals surface area (Å²) in [6.45, 7) is 8.61. The highest BCUT2D eigenvalue weighted by molar-refractivity contribution is 7.09. The van der Waals surface area contributed by atoms with Crippen LogP contribution in [0.3, 0.4) is 0 Å². The Labute approximate surface area is 189 Å². The van der Waals surface area contributed by atoms with Gasteiger partial charge < -0.3 is 14.5 Å². The van der Waals surface area contributed by atoms with E-state index in [2.05, 4.69) is 33.0 Å². The van der Waals surface area contributed by atoms with Gasteiger partial charge in [0.1, 0.15) is 5.01 Å². The van der Waals surface area contributed by atoms with Crippen molar-refractivity contribution in [1.29, 1.82) is 0 Å². The molecule has 31 heavy (non-hydrogen) atoms. The standard InChI is InChI=1S/C24H34N4O2S/c1-20(29)28-11-6-4-2-3-5-10-26(19-24-25-9-16-31-24)18-21-17-22(7-8-23(21)28)27-12-14-30-15-13-27/h7-9,16-17H,2-6,10-15,18-19H2,1H3. The third-order valence-corrected chi connectivity index (χ3v) is 6.97. The molecule has 1 aromatic carbocycles. The third-order valence-electron chi connectivity index (χ3n) is 6.20. The number of benzene rings is 1. The van der Waals surface area contributed by atoms with Crippen molar-refractivity contribution in [2.75, 3.05) is 49.2 Å². The van der Waals surface area contributed by atoms with E-state index in [0.29, 0.717) is 0 Å². The SMILES string of the molecule is CC(=O)N1CCCCCCCN(Cc2nccs2)Cc2cc(N3CCOCC3)ccc21. The second-order valence-corrected chi connectivity index (χ2v) is 9.47. The molecule has 2 aliphatic heterocycles. The van der Waals surface area contributed by atoms with Crippen molar-refractivity contribution in [1.82, 2.24) is 9.88 Å². The fourth-order valence-electron chi connectivity index (χ4n) is 4.54.